The first-order valence-corrected chi connectivity index (χ1v) is 8.52. The Morgan fingerprint density at radius 2 is 1.96 bits per heavy atom. The summed E-state index contributed by atoms with van der Waals surface area (Å²) in [6.07, 6.45) is 5.34. The first kappa shape index (κ1) is 16.1. The number of para-hydroxylation sites is 1. The van der Waals surface area contributed by atoms with E-state index in [-0.39, 0.29) is 5.91 Å². The number of aromatic nitrogens is 4. The molecule has 0 bridgehead atoms. The van der Waals surface area contributed by atoms with Crippen LogP contribution in [0.25, 0.3) is 16.7 Å². The van der Waals surface area contributed by atoms with E-state index in [1.165, 1.54) is 10.9 Å². The number of fused-ring (bicyclic) bond motifs is 1. The van der Waals surface area contributed by atoms with E-state index in [4.69, 9.17) is 0 Å². The largest absolute Gasteiger partial charge is 0.350 e. The molecule has 0 saturated heterocycles. The fourth-order valence-corrected chi connectivity index (χ4v) is 3.06. The molecule has 4 aromatic rings. The van der Waals surface area contributed by atoms with Crippen molar-refractivity contribution in [3.05, 3.63) is 78.4 Å². The first-order valence-electron chi connectivity index (χ1n) is 8.52. The van der Waals surface area contributed by atoms with Gasteiger partial charge >= 0.3 is 0 Å². The minimum atomic E-state index is -0.124. The summed E-state index contributed by atoms with van der Waals surface area (Å²) in [6, 6.07) is 15.9. The molecule has 0 aliphatic rings. The van der Waals surface area contributed by atoms with Gasteiger partial charge < -0.3 is 9.88 Å². The summed E-state index contributed by atoms with van der Waals surface area (Å²) >= 11 is 0. The predicted molar refractivity (Wildman–Crippen MR) is 100 cm³/mol. The van der Waals surface area contributed by atoms with Crippen molar-refractivity contribution in [3.8, 4) is 5.82 Å². The van der Waals surface area contributed by atoms with Crippen molar-refractivity contribution in [3.63, 3.8) is 0 Å². The summed E-state index contributed by atoms with van der Waals surface area (Å²) in [5.74, 6) is 0.573. The zero-order chi connectivity index (χ0) is 17.9. The normalized spacial score (nSPS) is 11.0. The van der Waals surface area contributed by atoms with Gasteiger partial charge in [-0.15, -0.1) is 0 Å². The predicted octanol–water partition coefficient (Wildman–Crippen LogP) is 2.96. The fourth-order valence-electron chi connectivity index (χ4n) is 3.06. The Balaban J connectivity index is 1.43. The highest BCUT2D eigenvalue weighted by Gasteiger charge is 2.15. The third-order valence-electron chi connectivity index (χ3n) is 4.44. The number of pyridine rings is 1. The van der Waals surface area contributed by atoms with E-state index < -0.39 is 0 Å². The Hall–Kier alpha value is -3.41. The second-order valence-electron chi connectivity index (χ2n) is 6.07. The highest BCUT2D eigenvalue weighted by atomic mass is 16.1. The highest BCUT2D eigenvalue weighted by molar-refractivity contribution is 5.95. The number of carbonyl (C=O) groups excluding carboxylic acids is 1. The van der Waals surface area contributed by atoms with Crippen LogP contribution in [-0.2, 0) is 6.54 Å². The van der Waals surface area contributed by atoms with Crippen LogP contribution in [0.15, 0.2) is 67.1 Å². The summed E-state index contributed by atoms with van der Waals surface area (Å²) in [4.78, 5) is 16.8. The molecule has 0 fully saturated rings. The van der Waals surface area contributed by atoms with E-state index in [1.807, 2.05) is 43.5 Å². The third-order valence-corrected chi connectivity index (χ3v) is 4.44. The molecule has 0 aliphatic heterocycles. The molecule has 3 aromatic heterocycles. The van der Waals surface area contributed by atoms with Gasteiger partial charge in [0, 0.05) is 31.0 Å². The molecule has 0 aliphatic carbocycles. The lowest BCUT2D eigenvalue weighted by Crippen LogP contribution is -2.27. The van der Waals surface area contributed by atoms with Crippen molar-refractivity contribution in [2.24, 2.45) is 0 Å². The average molecular weight is 345 g/mol. The van der Waals surface area contributed by atoms with Crippen LogP contribution >= 0.6 is 0 Å². The molecule has 26 heavy (non-hydrogen) atoms. The SMILES string of the molecule is Cc1c(C(=O)NCCn2ccc3ccccc32)cnn1-c1ccccn1. The molecule has 0 atom stereocenters. The Morgan fingerprint density at radius 3 is 2.81 bits per heavy atom. The van der Waals surface area contributed by atoms with Crippen molar-refractivity contribution in [1.82, 2.24) is 24.6 Å². The van der Waals surface area contributed by atoms with E-state index in [9.17, 15) is 4.79 Å². The second-order valence-corrected chi connectivity index (χ2v) is 6.07. The molecule has 130 valence electrons. The maximum Gasteiger partial charge on any atom is 0.254 e. The number of benzene rings is 1. The van der Waals surface area contributed by atoms with Crippen LogP contribution in [0.4, 0.5) is 0 Å². The second kappa shape index (κ2) is 6.84. The smallest absolute Gasteiger partial charge is 0.254 e. The Kier molecular flexibility index (Phi) is 4.23. The summed E-state index contributed by atoms with van der Waals surface area (Å²) in [7, 11) is 0. The van der Waals surface area contributed by atoms with Crippen LogP contribution in [0.2, 0.25) is 0 Å². The van der Waals surface area contributed by atoms with Crippen LogP contribution in [0.3, 0.4) is 0 Å². The Bertz CT molecular complexity index is 1050. The van der Waals surface area contributed by atoms with Gasteiger partial charge in [-0.25, -0.2) is 9.67 Å². The fraction of sp³-hybridized carbons (Fsp3) is 0.150. The first-order chi connectivity index (χ1) is 12.7. The molecule has 1 N–H and O–H groups in total. The quantitative estimate of drug-likeness (QED) is 0.605. The van der Waals surface area contributed by atoms with Crippen LogP contribution in [0.5, 0.6) is 0 Å². The summed E-state index contributed by atoms with van der Waals surface area (Å²) < 4.78 is 3.81. The maximum atomic E-state index is 12.5. The summed E-state index contributed by atoms with van der Waals surface area (Å²) in [5.41, 5.74) is 2.50. The van der Waals surface area contributed by atoms with Crippen molar-refractivity contribution in [2.45, 2.75) is 13.5 Å². The van der Waals surface area contributed by atoms with E-state index >= 15 is 0 Å². The topological polar surface area (TPSA) is 64.7 Å². The molecule has 0 radical (unpaired) electrons. The zero-order valence-electron chi connectivity index (χ0n) is 14.5. The van der Waals surface area contributed by atoms with Gasteiger partial charge in [-0.1, -0.05) is 24.3 Å². The molecule has 4 rings (SSSR count). The van der Waals surface area contributed by atoms with E-state index in [2.05, 4.69) is 38.2 Å². The van der Waals surface area contributed by atoms with Crippen molar-refractivity contribution in [1.29, 1.82) is 0 Å². The number of hydrogen-bond acceptors (Lipinski definition) is 3. The van der Waals surface area contributed by atoms with Gasteiger partial charge in [0.15, 0.2) is 5.82 Å². The zero-order valence-corrected chi connectivity index (χ0v) is 14.5. The minimum absolute atomic E-state index is 0.124. The summed E-state index contributed by atoms with van der Waals surface area (Å²) in [6.45, 7) is 3.13. The monoisotopic (exact) mass is 345 g/mol. The number of amides is 1. The number of nitrogens with one attached hydrogen (secondary N) is 1. The van der Waals surface area contributed by atoms with E-state index in [1.54, 1.807) is 17.1 Å². The van der Waals surface area contributed by atoms with Crippen LogP contribution in [-0.4, -0.2) is 31.8 Å². The molecule has 0 unspecified atom stereocenters. The van der Waals surface area contributed by atoms with Gasteiger partial charge in [0.2, 0.25) is 0 Å². The van der Waals surface area contributed by atoms with Gasteiger partial charge in [-0.3, -0.25) is 4.79 Å². The van der Waals surface area contributed by atoms with Gasteiger partial charge in [0.1, 0.15) is 0 Å². The Labute approximate surface area is 151 Å². The Morgan fingerprint density at radius 1 is 1.12 bits per heavy atom. The lowest BCUT2D eigenvalue weighted by Gasteiger charge is -2.08. The third kappa shape index (κ3) is 2.97. The minimum Gasteiger partial charge on any atom is -0.350 e. The average Bonchev–Trinajstić information content (AvgIpc) is 3.26. The van der Waals surface area contributed by atoms with Crippen molar-refractivity contribution in [2.75, 3.05) is 6.54 Å². The van der Waals surface area contributed by atoms with E-state index in [0.29, 0.717) is 24.5 Å². The van der Waals surface area contributed by atoms with Crippen LogP contribution < -0.4 is 5.32 Å². The maximum absolute atomic E-state index is 12.5. The lowest BCUT2D eigenvalue weighted by molar-refractivity contribution is 0.0952. The number of hydrogen-bond donors (Lipinski definition) is 1. The van der Waals surface area contributed by atoms with Gasteiger partial charge in [-0.05, 0) is 36.6 Å². The van der Waals surface area contributed by atoms with Crippen molar-refractivity contribution >= 4 is 16.8 Å². The highest BCUT2D eigenvalue weighted by Crippen LogP contribution is 2.15. The number of carbonyl (C=O) groups is 1. The molecule has 1 aromatic carbocycles. The molecule has 0 saturated carbocycles. The molecular weight excluding hydrogens is 326 g/mol. The molecule has 0 spiro atoms. The molecule has 3 heterocycles. The number of rotatable bonds is 5. The van der Waals surface area contributed by atoms with Crippen LogP contribution in [0, 0.1) is 6.92 Å². The van der Waals surface area contributed by atoms with Gasteiger partial charge in [0.05, 0.1) is 17.5 Å². The van der Waals surface area contributed by atoms with Crippen molar-refractivity contribution < 1.29 is 4.79 Å². The lowest BCUT2D eigenvalue weighted by atomic mass is 10.2. The van der Waals surface area contributed by atoms with Gasteiger partial charge in [0.25, 0.3) is 5.91 Å². The standard InChI is InChI=1S/C20H19N5O/c1-15-17(14-23-25(15)19-8-4-5-10-21-19)20(26)22-11-13-24-12-9-16-6-2-3-7-18(16)24/h2-10,12,14H,11,13H2,1H3,(H,22,26). The van der Waals surface area contributed by atoms with Crippen LogP contribution in [0.1, 0.15) is 16.1 Å². The molecule has 6 heteroatoms. The summed E-state index contributed by atoms with van der Waals surface area (Å²) in [5, 5.41) is 8.47. The molecule has 1 amide bonds. The molecule has 6 nitrogen and oxygen atoms in total. The molecular formula is C20H19N5O. The van der Waals surface area contributed by atoms with Gasteiger partial charge in [-0.2, -0.15) is 5.10 Å². The number of nitrogens with zero attached hydrogens (tertiary/aromatic N) is 4. The van der Waals surface area contributed by atoms with E-state index in [0.717, 1.165) is 5.69 Å².